The minimum absolute atomic E-state index is 0.0363. The molecule has 10 heteroatoms. The number of esters is 2. The van der Waals surface area contributed by atoms with Crippen molar-refractivity contribution in [2.24, 2.45) is 5.92 Å². The van der Waals surface area contributed by atoms with Crippen molar-refractivity contribution in [3.05, 3.63) is 71.8 Å². The van der Waals surface area contributed by atoms with E-state index in [0.29, 0.717) is 26.2 Å². The van der Waals surface area contributed by atoms with Crippen LogP contribution >= 0.6 is 0 Å². The maximum Gasteiger partial charge on any atom is 0.306 e. The zero-order chi connectivity index (χ0) is 31.3. The lowest BCUT2D eigenvalue weighted by Crippen LogP contribution is -2.44. The Kier molecular flexibility index (Phi) is 17.2. The van der Waals surface area contributed by atoms with Crippen molar-refractivity contribution in [2.45, 2.75) is 71.1 Å². The molecule has 234 valence electrons. The number of methoxy groups -OCH3 is 1. The summed E-state index contributed by atoms with van der Waals surface area (Å²) in [5.74, 6) is -2.84. The van der Waals surface area contributed by atoms with Crippen LogP contribution in [0, 0.1) is 5.92 Å². The van der Waals surface area contributed by atoms with Gasteiger partial charge in [0.2, 0.25) is 5.91 Å². The lowest BCUT2D eigenvalue weighted by Gasteiger charge is -2.21. The third kappa shape index (κ3) is 15.8. The van der Waals surface area contributed by atoms with Crippen LogP contribution in [0.3, 0.4) is 0 Å². The number of carbonyl (C=O) groups is 5. The molecular formula is C33H43NO9. The van der Waals surface area contributed by atoms with Gasteiger partial charge in [-0.05, 0) is 37.3 Å². The number of amides is 1. The highest BCUT2D eigenvalue weighted by molar-refractivity contribution is 5.92. The molecule has 0 unspecified atom stereocenters. The first-order valence-electron chi connectivity index (χ1n) is 14.6. The van der Waals surface area contributed by atoms with Crippen molar-refractivity contribution in [3.63, 3.8) is 0 Å². The van der Waals surface area contributed by atoms with Crippen LogP contribution in [0.25, 0.3) is 0 Å². The monoisotopic (exact) mass is 597 g/mol. The van der Waals surface area contributed by atoms with Crippen LogP contribution in [0.4, 0.5) is 0 Å². The predicted molar refractivity (Wildman–Crippen MR) is 159 cm³/mol. The molecule has 10 nitrogen and oxygen atoms in total. The number of nitrogens with one attached hydrogen (secondary N) is 1. The Morgan fingerprint density at radius 2 is 1.28 bits per heavy atom. The number of benzene rings is 2. The molecule has 0 bridgehead atoms. The van der Waals surface area contributed by atoms with Crippen molar-refractivity contribution in [3.8, 4) is 0 Å². The standard InChI is InChI=1S/C33H43NO9/c1-25(35)22-28(15-17-31(37)42-23-26-10-5-3-6-11-26)33(39)34-29(30(36)14-9-19-41-21-20-40-2)16-18-32(38)43-24-27-12-7-4-8-13-27/h3-8,10-13,28-29H,9,14-24H2,1-2H3,(H,34,39)/t28-,29-/m1/s1. The summed E-state index contributed by atoms with van der Waals surface area (Å²) in [7, 11) is 1.57. The molecule has 0 aliphatic heterocycles. The molecule has 0 aliphatic carbocycles. The van der Waals surface area contributed by atoms with Crippen molar-refractivity contribution in [1.29, 1.82) is 0 Å². The third-order valence-corrected chi connectivity index (χ3v) is 6.57. The minimum Gasteiger partial charge on any atom is -0.461 e. The SMILES string of the molecule is COCCOCCCC(=O)[C@@H](CCC(=O)OCc1ccccc1)NC(=O)[C@H](CCC(=O)OCc1ccccc1)CC(C)=O. The van der Waals surface area contributed by atoms with E-state index in [4.69, 9.17) is 18.9 Å². The fourth-order valence-electron chi connectivity index (χ4n) is 4.22. The number of ketones is 2. The summed E-state index contributed by atoms with van der Waals surface area (Å²) < 4.78 is 21.0. The average Bonchev–Trinajstić information content (AvgIpc) is 3.01. The first-order chi connectivity index (χ1) is 20.8. The third-order valence-electron chi connectivity index (χ3n) is 6.57. The smallest absolute Gasteiger partial charge is 0.306 e. The lowest BCUT2D eigenvalue weighted by molar-refractivity contribution is -0.147. The van der Waals surface area contributed by atoms with E-state index in [1.807, 2.05) is 60.7 Å². The van der Waals surface area contributed by atoms with Crippen LogP contribution in [0.1, 0.15) is 63.0 Å². The number of carbonyl (C=O) groups excluding carboxylic acids is 5. The Labute approximate surface area is 253 Å². The van der Waals surface area contributed by atoms with Crippen LogP contribution in [-0.2, 0) is 56.1 Å². The van der Waals surface area contributed by atoms with Crippen LogP contribution in [0.2, 0.25) is 0 Å². The van der Waals surface area contributed by atoms with Crippen LogP contribution in [-0.4, -0.2) is 62.4 Å². The van der Waals surface area contributed by atoms with E-state index in [1.54, 1.807) is 7.11 Å². The number of hydrogen-bond donors (Lipinski definition) is 1. The Hall–Kier alpha value is -3.89. The molecule has 43 heavy (non-hydrogen) atoms. The van der Waals surface area contributed by atoms with Gasteiger partial charge in [-0.2, -0.15) is 0 Å². The number of hydrogen-bond acceptors (Lipinski definition) is 9. The van der Waals surface area contributed by atoms with E-state index in [2.05, 4.69) is 5.32 Å². The van der Waals surface area contributed by atoms with Gasteiger partial charge in [0.25, 0.3) is 0 Å². The van der Waals surface area contributed by atoms with E-state index < -0.39 is 29.8 Å². The van der Waals surface area contributed by atoms with E-state index >= 15 is 0 Å². The molecule has 0 radical (unpaired) electrons. The van der Waals surface area contributed by atoms with Gasteiger partial charge in [-0.15, -0.1) is 0 Å². The van der Waals surface area contributed by atoms with Gasteiger partial charge >= 0.3 is 11.9 Å². The average molecular weight is 598 g/mol. The van der Waals surface area contributed by atoms with Crippen LogP contribution in [0.5, 0.6) is 0 Å². The number of Topliss-reactive ketones (excluding diaryl/α,β-unsaturated/α-hetero) is 2. The Balaban J connectivity index is 1.96. The predicted octanol–water partition coefficient (Wildman–Crippen LogP) is 4.13. The molecule has 1 N–H and O–H groups in total. The van der Waals surface area contributed by atoms with Gasteiger partial charge in [0.05, 0.1) is 19.3 Å². The molecule has 1 amide bonds. The molecule has 2 aromatic carbocycles. The van der Waals surface area contributed by atoms with Gasteiger partial charge in [-0.1, -0.05) is 60.7 Å². The molecule has 2 rings (SSSR count). The highest BCUT2D eigenvalue weighted by atomic mass is 16.5. The zero-order valence-corrected chi connectivity index (χ0v) is 25.1. The molecule has 0 aliphatic rings. The highest BCUT2D eigenvalue weighted by Gasteiger charge is 2.27. The normalized spacial score (nSPS) is 12.1. The molecule has 0 heterocycles. The Bertz CT molecular complexity index is 1140. The van der Waals surface area contributed by atoms with E-state index in [0.717, 1.165) is 11.1 Å². The fraction of sp³-hybridized carbons (Fsp3) is 0.485. The van der Waals surface area contributed by atoms with E-state index in [9.17, 15) is 24.0 Å². The van der Waals surface area contributed by atoms with Crippen molar-refractivity contribution < 1.29 is 42.9 Å². The quantitative estimate of drug-likeness (QED) is 0.157. The van der Waals surface area contributed by atoms with E-state index in [-0.39, 0.29) is 63.3 Å². The summed E-state index contributed by atoms with van der Waals surface area (Å²) in [6, 6.07) is 17.5. The van der Waals surface area contributed by atoms with Gasteiger partial charge in [0.15, 0.2) is 5.78 Å². The Morgan fingerprint density at radius 3 is 1.81 bits per heavy atom. The lowest BCUT2D eigenvalue weighted by atomic mass is 9.94. The number of rotatable bonds is 22. The molecule has 0 saturated carbocycles. The zero-order valence-electron chi connectivity index (χ0n) is 25.1. The van der Waals surface area contributed by atoms with Crippen molar-refractivity contribution in [1.82, 2.24) is 5.32 Å². The van der Waals surface area contributed by atoms with Gasteiger partial charge in [-0.3, -0.25) is 19.2 Å². The molecule has 2 atom stereocenters. The fourth-order valence-corrected chi connectivity index (χ4v) is 4.22. The van der Waals surface area contributed by atoms with E-state index in [1.165, 1.54) is 6.92 Å². The largest absolute Gasteiger partial charge is 0.461 e. The summed E-state index contributed by atoms with van der Waals surface area (Å²) in [5, 5.41) is 2.73. The second-order valence-corrected chi connectivity index (χ2v) is 10.2. The topological polar surface area (TPSA) is 134 Å². The summed E-state index contributed by atoms with van der Waals surface area (Å²) in [6.45, 7) is 2.75. The van der Waals surface area contributed by atoms with Crippen LogP contribution in [0.15, 0.2) is 60.7 Å². The summed E-state index contributed by atoms with van der Waals surface area (Å²) in [4.78, 5) is 63.1. The first-order valence-corrected chi connectivity index (χ1v) is 14.6. The molecule has 0 saturated heterocycles. The second kappa shape index (κ2) is 20.9. The molecule has 0 spiro atoms. The maximum atomic E-state index is 13.3. The molecule has 0 aromatic heterocycles. The summed E-state index contributed by atoms with van der Waals surface area (Å²) in [6.07, 6.45) is 0.419. The summed E-state index contributed by atoms with van der Waals surface area (Å²) in [5.41, 5.74) is 1.67. The van der Waals surface area contributed by atoms with Crippen molar-refractivity contribution >= 4 is 29.4 Å². The summed E-state index contributed by atoms with van der Waals surface area (Å²) >= 11 is 0. The second-order valence-electron chi connectivity index (χ2n) is 10.2. The molecule has 0 fully saturated rings. The molecule has 2 aromatic rings. The van der Waals surface area contributed by atoms with Gasteiger partial charge < -0.3 is 29.1 Å². The van der Waals surface area contributed by atoms with Gasteiger partial charge in [0.1, 0.15) is 19.0 Å². The highest BCUT2D eigenvalue weighted by Crippen LogP contribution is 2.16. The van der Waals surface area contributed by atoms with Gasteiger partial charge in [-0.25, -0.2) is 0 Å². The van der Waals surface area contributed by atoms with Crippen LogP contribution < -0.4 is 5.32 Å². The first kappa shape index (κ1) is 35.3. The number of ether oxygens (including phenoxy) is 4. The van der Waals surface area contributed by atoms with Crippen molar-refractivity contribution in [2.75, 3.05) is 26.9 Å². The minimum atomic E-state index is -0.963. The van der Waals surface area contributed by atoms with Gasteiger partial charge in [0, 0.05) is 45.3 Å². The Morgan fingerprint density at radius 1 is 0.721 bits per heavy atom. The molecular weight excluding hydrogens is 554 g/mol. The maximum absolute atomic E-state index is 13.3.